The highest BCUT2D eigenvalue weighted by Crippen LogP contribution is 2.72. The van der Waals surface area contributed by atoms with Crippen LogP contribution >= 0.6 is 18.9 Å². The van der Waals surface area contributed by atoms with Crippen LogP contribution in [0.3, 0.4) is 0 Å². The molecule has 2 unspecified atom stereocenters. The predicted molar refractivity (Wildman–Crippen MR) is 242 cm³/mol. The van der Waals surface area contributed by atoms with Gasteiger partial charge in [-0.25, -0.2) is 14.8 Å². The zero-order valence-electron chi connectivity index (χ0n) is 36.3. The monoisotopic (exact) mass is 897 g/mol. The molecule has 0 spiro atoms. The molecular weight excluding hydrogens is 842 g/mol. The van der Waals surface area contributed by atoms with Crippen molar-refractivity contribution in [2.75, 3.05) is 49.7 Å². The van der Waals surface area contributed by atoms with E-state index in [0.717, 1.165) is 72.2 Å². The van der Waals surface area contributed by atoms with Crippen LogP contribution in [0.4, 0.5) is 10.9 Å². The van der Waals surface area contributed by atoms with Crippen molar-refractivity contribution in [3.63, 3.8) is 0 Å². The van der Waals surface area contributed by atoms with E-state index in [-0.39, 0.29) is 59.2 Å². The van der Waals surface area contributed by atoms with Crippen LogP contribution in [0.25, 0.3) is 21.3 Å². The van der Waals surface area contributed by atoms with Crippen LogP contribution in [0.5, 0.6) is 5.75 Å². The fourth-order valence-electron chi connectivity index (χ4n) is 12.4. The molecule has 4 bridgehead atoms. The number of likely N-dealkylation sites (N-methyl/N-ethyl adjacent to an activating group) is 1. The molecule has 1 aliphatic heterocycles. The Hall–Kier alpha value is -4.70. The number of aromatic nitrogens is 4. The molecule has 1 amide bonds. The number of hydrogen-bond donors (Lipinski definition) is 5. The normalized spacial score (nSPS) is 25.1. The Bertz CT molecular complexity index is 2590. The Balaban J connectivity index is 0.983. The molecule has 15 nitrogen and oxygen atoms in total. The van der Waals surface area contributed by atoms with E-state index < -0.39 is 13.6 Å². The van der Waals surface area contributed by atoms with Crippen molar-refractivity contribution in [1.29, 1.82) is 0 Å². The molecule has 5 aromatic rings. The van der Waals surface area contributed by atoms with Crippen molar-refractivity contribution in [3.8, 4) is 16.9 Å². The molecule has 4 aliphatic carbocycles. The van der Waals surface area contributed by atoms with E-state index >= 15 is 0 Å². The van der Waals surface area contributed by atoms with Crippen molar-refractivity contribution in [3.05, 3.63) is 82.8 Å². The molecule has 5 aliphatic rings. The molecule has 5 N–H and O–H groups in total. The topological polar surface area (TPSA) is 201 Å². The van der Waals surface area contributed by atoms with E-state index in [1.807, 2.05) is 55.3 Å². The maximum Gasteiger partial charge on any atom is 0.355 e. The molecule has 2 aromatic carbocycles. The van der Waals surface area contributed by atoms with Crippen LogP contribution in [0.15, 0.2) is 54.7 Å². The number of aromatic carboxylic acids is 1. The zero-order chi connectivity index (χ0) is 44.4. The second-order valence-electron chi connectivity index (χ2n) is 19.3. The minimum Gasteiger partial charge on any atom is -0.493 e. The number of hydrogen-bond acceptors (Lipinski definition) is 11. The molecule has 17 heteroatoms. The van der Waals surface area contributed by atoms with E-state index in [1.54, 1.807) is 18.3 Å². The average molecular weight is 898 g/mol. The van der Waals surface area contributed by atoms with Gasteiger partial charge in [-0.05, 0) is 124 Å². The van der Waals surface area contributed by atoms with Gasteiger partial charge in [0.25, 0.3) is 5.91 Å². The predicted octanol–water partition coefficient (Wildman–Crippen LogP) is 7.68. The molecular formula is C46H56N7O8PS. The number of carbonyl (C=O) groups excluding carboxylic acids is 1. The smallest absolute Gasteiger partial charge is 0.355 e. The van der Waals surface area contributed by atoms with Gasteiger partial charge in [-0.15, -0.1) is 0 Å². The first-order chi connectivity index (χ1) is 30.0. The number of thiazole rings is 1. The average Bonchev–Trinajstić information content (AvgIpc) is 3.78. The van der Waals surface area contributed by atoms with Gasteiger partial charge in [0.1, 0.15) is 11.6 Å². The highest BCUT2D eigenvalue weighted by atomic mass is 32.1. The lowest BCUT2D eigenvalue weighted by Gasteiger charge is -2.69. The molecule has 0 saturated heterocycles. The van der Waals surface area contributed by atoms with Crippen molar-refractivity contribution in [2.24, 2.45) is 16.2 Å². The number of carbonyl (C=O) groups is 2. The number of pyridine rings is 1. The third kappa shape index (κ3) is 8.78. The van der Waals surface area contributed by atoms with Gasteiger partial charge in [0.15, 0.2) is 10.8 Å². The number of para-hydroxylation sites is 1. The van der Waals surface area contributed by atoms with Crippen LogP contribution in [0.2, 0.25) is 0 Å². The molecule has 4 heterocycles. The van der Waals surface area contributed by atoms with Gasteiger partial charge in [0.05, 0.1) is 41.4 Å². The molecule has 63 heavy (non-hydrogen) atoms. The largest absolute Gasteiger partial charge is 0.493 e. The van der Waals surface area contributed by atoms with Crippen molar-refractivity contribution >= 4 is 52.0 Å². The van der Waals surface area contributed by atoms with Crippen LogP contribution < -0.4 is 20.3 Å². The Labute approximate surface area is 370 Å². The quantitative estimate of drug-likeness (QED) is 0.0478. The summed E-state index contributed by atoms with van der Waals surface area (Å²) in [5, 5.41) is 22.2. The number of benzene rings is 2. The highest BCUT2D eigenvalue weighted by Gasteiger charge is 2.66. The fraction of sp³-hybridized carbons (Fsp3) is 0.500. The molecule has 0 radical (unpaired) electrons. The number of nitrogens with one attached hydrogen (secondary N) is 2. The Kier molecular flexibility index (Phi) is 11.3. The van der Waals surface area contributed by atoms with Crippen LogP contribution in [0.1, 0.15) is 96.5 Å². The summed E-state index contributed by atoms with van der Waals surface area (Å²) in [6.07, 6.45) is 8.69. The second-order valence-corrected chi connectivity index (χ2v) is 22.1. The summed E-state index contributed by atoms with van der Waals surface area (Å²) in [4.78, 5) is 57.0. The molecule has 10 rings (SSSR count). The summed E-state index contributed by atoms with van der Waals surface area (Å²) in [5.74, 6) is -0.519. The number of fused-ring (bicyclic) bond motifs is 2. The van der Waals surface area contributed by atoms with Crippen molar-refractivity contribution in [2.45, 2.75) is 90.8 Å². The highest BCUT2D eigenvalue weighted by molar-refractivity contribution is 7.51. The first-order valence-electron chi connectivity index (χ1n) is 21.8. The van der Waals surface area contributed by atoms with E-state index in [1.165, 1.54) is 17.8 Å². The van der Waals surface area contributed by atoms with E-state index in [0.29, 0.717) is 53.0 Å². The summed E-state index contributed by atoms with van der Waals surface area (Å²) in [6.45, 7) is 9.92. The maximum atomic E-state index is 14.0. The van der Waals surface area contributed by atoms with Gasteiger partial charge >= 0.3 is 13.6 Å². The lowest BCUT2D eigenvalue weighted by atomic mass is 9.39. The maximum absolute atomic E-state index is 14.0. The number of amides is 1. The summed E-state index contributed by atoms with van der Waals surface area (Å²) in [7, 11) is -2.22. The second kappa shape index (κ2) is 16.4. The molecule has 2 atom stereocenters. The minimum absolute atomic E-state index is 0.0200. The van der Waals surface area contributed by atoms with Crippen LogP contribution in [0, 0.1) is 23.2 Å². The number of ether oxygens (including phenoxy) is 2. The van der Waals surface area contributed by atoms with E-state index in [9.17, 15) is 29.0 Å². The third-order valence-corrected chi connectivity index (χ3v) is 15.5. The van der Waals surface area contributed by atoms with Gasteiger partial charge in [-0.1, -0.05) is 37.3 Å². The standard InChI is InChI=1S/C46H56N7O8PS/c1-29-33(20-48-53(29)28-45-23-43(2)22-44(3,24-45)26-46(25-43,27-45)61-18-15-47-4)31-11-13-38(50-39(31)41(55)56)52-16-14-30-34(21-52)32(10-12-36(30)60-17-7-19-62(57,58)59)40(54)51-42-49-35-8-5-6-9-37(35)63-42/h5-6,8-13,20,47H,7,14-19,21-28H2,1-4H3,(H,55,56)(H,49,51,54)(H2,57,58,59). The van der Waals surface area contributed by atoms with E-state index in [2.05, 4.69) is 34.1 Å². The van der Waals surface area contributed by atoms with Crippen LogP contribution in [-0.2, 0) is 28.8 Å². The summed E-state index contributed by atoms with van der Waals surface area (Å²) in [6, 6.07) is 14.7. The van der Waals surface area contributed by atoms with Gasteiger partial charge in [0.2, 0.25) is 0 Å². The summed E-state index contributed by atoms with van der Waals surface area (Å²) < 4.78 is 27.3. The summed E-state index contributed by atoms with van der Waals surface area (Å²) in [5.41, 5.74) is 4.98. The van der Waals surface area contributed by atoms with Crippen molar-refractivity contribution < 1.29 is 38.5 Å². The number of carboxylic acids is 1. The van der Waals surface area contributed by atoms with Gasteiger partial charge in [-0.2, -0.15) is 5.10 Å². The fourth-order valence-corrected chi connectivity index (χ4v) is 13.8. The van der Waals surface area contributed by atoms with Gasteiger partial charge < -0.3 is 34.6 Å². The zero-order valence-corrected chi connectivity index (χ0v) is 38.0. The number of anilines is 2. The third-order valence-electron chi connectivity index (χ3n) is 13.7. The Morgan fingerprint density at radius 3 is 2.44 bits per heavy atom. The number of carboxylic acid groups (broad SMARTS) is 1. The molecule has 3 aromatic heterocycles. The first-order valence-corrected chi connectivity index (χ1v) is 24.4. The number of rotatable bonds is 16. The molecule has 334 valence electrons. The Morgan fingerprint density at radius 2 is 1.71 bits per heavy atom. The lowest BCUT2D eigenvalue weighted by Crippen LogP contribution is -2.64. The van der Waals surface area contributed by atoms with Gasteiger partial charge in [0, 0.05) is 54.1 Å². The van der Waals surface area contributed by atoms with Crippen LogP contribution in [-0.4, -0.2) is 91.6 Å². The van der Waals surface area contributed by atoms with Crippen molar-refractivity contribution in [1.82, 2.24) is 25.1 Å². The van der Waals surface area contributed by atoms with E-state index in [4.69, 9.17) is 19.6 Å². The Morgan fingerprint density at radius 1 is 0.937 bits per heavy atom. The minimum atomic E-state index is -4.18. The summed E-state index contributed by atoms with van der Waals surface area (Å²) >= 11 is 1.38. The SMILES string of the molecule is CNCCOC12CC3(C)CC(C)(CC(Cn4ncc(-c5ccc(N6CCc7c(OCCCP(=O)(O)O)ccc(C(=O)Nc8nc9ccccc9s8)c7C6)nc5C(=O)O)c4C)(C3)C1)C2. The van der Waals surface area contributed by atoms with Gasteiger partial charge in [-0.3, -0.25) is 19.4 Å². The molecule has 4 fully saturated rings. The first kappa shape index (κ1) is 43.5. The lowest BCUT2D eigenvalue weighted by molar-refractivity contribution is -0.247. The number of nitrogens with zero attached hydrogens (tertiary/aromatic N) is 5. The molecule has 4 saturated carbocycles.